The van der Waals surface area contributed by atoms with Crippen molar-refractivity contribution in [3.63, 3.8) is 0 Å². The molecule has 1 N–H and O–H groups in total. The largest absolute Gasteiger partial charge is 0.465 e. The fourth-order valence-corrected chi connectivity index (χ4v) is 2.27. The van der Waals surface area contributed by atoms with Crippen molar-refractivity contribution >= 4 is 34.5 Å². The number of likely N-dealkylation sites (N-methyl/N-ethyl adjacent to an activating group) is 2. The maximum Gasteiger partial charge on any atom is 0.407 e. The molecular formula is C18H19N5O3. The van der Waals surface area contributed by atoms with Gasteiger partial charge in [0.25, 0.3) is 0 Å². The van der Waals surface area contributed by atoms with Gasteiger partial charge >= 0.3 is 6.09 Å². The summed E-state index contributed by atoms with van der Waals surface area (Å²) in [5, 5.41) is 14.3. The summed E-state index contributed by atoms with van der Waals surface area (Å²) in [5.41, 5.74) is 9.89. The molecule has 0 bridgehead atoms. The summed E-state index contributed by atoms with van der Waals surface area (Å²) < 4.78 is 0. The van der Waals surface area contributed by atoms with Gasteiger partial charge in [-0.2, -0.15) is 0 Å². The van der Waals surface area contributed by atoms with Crippen LogP contribution in [0.15, 0.2) is 47.6 Å². The van der Waals surface area contributed by atoms with E-state index in [1.807, 2.05) is 24.3 Å². The summed E-state index contributed by atoms with van der Waals surface area (Å²) in [6.07, 6.45) is 2.14. The van der Waals surface area contributed by atoms with Crippen LogP contribution in [-0.4, -0.2) is 54.1 Å². The highest BCUT2D eigenvalue weighted by atomic mass is 16.4. The number of carbonyl (C=O) groups excluding carboxylic acids is 1. The van der Waals surface area contributed by atoms with Crippen LogP contribution in [0.25, 0.3) is 27.3 Å². The molecule has 8 heteroatoms. The van der Waals surface area contributed by atoms with Crippen molar-refractivity contribution in [2.24, 2.45) is 5.11 Å². The van der Waals surface area contributed by atoms with Gasteiger partial charge in [-0.15, -0.1) is 0 Å². The van der Waals surface area contributed by atoms with E-state index in [1.54, 1.807) is 25.3 Å². The van der Waals surface area contributed by atoms with E-state index in [0.29, 0.717) is 12.2 Å². The smallest absolute Gasteiger partial charge is 0.407 e. The van der Waals surface area contributed by atoms with E-state index in [1.165, 1.54) is 18.0 Å². The molecule has 0 aliphatic heterocycles. The lowest BCUT2D eigenvalue weighted by atomic mass is 10.1. The van der Waals surface area contributed by atoms with E-state index in [9.17, 15) is 9.59 Å². The molecule has 134 valence electrons. The van der Waals surface area contributed by atoms with Gasteiger partial charge in [0, 0.05) is 43.9 Å². The van der Waals surface area contributed by atoms with Gasteiger partial charge in [0.05, 0.1) is 0 Å². The molecule has 2 aromatic carbocycles. The number of rotatable bonds is 6. The first-order valence-corrected chi connectivity index (χ1v) is 7.87. The van der Waals surface area contributed by atoms with Crippen LogP contribution in [-0.2, 0) is 4.79 Å². The third kappa shape index (κ3) is 4.99. The maximum atomic E-state index is 12.1. The zero-order valence-corrected chi connectivity index (χ0v) is 14.5. The van der Waals surface area contributed by atoms with Gasteiger partial charge in [-0.1, -0.05) is 29.4 Å². The number of carbonyl (C=O) groups is 2. The highest BCUT2D eigenvalue weighted by Gasteiger charge is 2.09. The van der Waals surface area contributed by atoms with Crippen molar-refractivity contribution in [1.82, 2.24) is 9.80 Å². The number of nitrogens with zero attached hydrogens (tertiary/aromatic N) is 5. The number of benzene rings is 2. The molecule has 0 saturated carbocycles. The number of azide groups is 1. The summed E-state index contributed by atoms with van der Waals surface area (Å²) >= 11 is 0. The van der Waals surface area contributed by atoms with Gasteiger partial charge in [-0.25, -0.2) is 4.79 Å². The van der Waals surface area contributed by atoms with Crippen LogP contribution in [0.3, 0.4) is 0 Å². The molecular weight excluding hydrogens is 334 g/mol. The summed E-state index contributed by atoms with van der Waals surface area (Å²) in [7, 11) is 3.08. The van der Waals surface area contributed by atoms with Crippen molar-refractivity contribution in [1.29, 1.82) is 0 Å². The Kier molecular flexibility index (Phi) is 6.19. The molecule has 0 aliphatic carbocycles. The number of hydrogen-bond donors (Lipinski definition) is 1. The second kappa shape index (κ2) is 8.55. The van der Waals surface area contributed by atoms with E-state index in [4.69, 9.17) is 10.6 Å². The minimum absolute atomic E-state index is 0.206. The SMILES string of the molecule is CN(CCN(C)C(=O)/C=C/c1ccc2cc(N=[N+]=[N-])ccc2c1)C(=O)O. The van der Waals surface area contributed by atoms with Gasteiger partial charge in [0.15, 0.2) is 0 Å². The van der Waals surface area contributed by atoms with Crippen molar-refractivity contribution in [3.8, 4) is 0 Å². The summed E-state index contributed by atoms with van der Waals surface area (Å²) in [5.74, 6) is -0.206. The Labute approximate surface area is 150 Å². The van der Waals surface area contributed by atoms with E-state index in [-0.39, 0.29) is 12.5 Å². The third-order valence-electron chi connectivity index (χ3n) is 3.90. The minimum Gasteiger partial charge on any atom is -0.465 e. The lowest BCUT2D eigenvalue weighted by Crippen LogP contribution is -2.36. The molecule has 0 aliphatic rings. The molecule has 0 atom stereocenters. The van der Waals surface area contributed by atoms with Crippen LogP contribution in [0.1, 0.15) is 5.56 Å². The van der Waals surface area contributed by atoms with Crippen LogP contribution < -0.4 is 0 Å². The molecule has 2 rings (SSSR count). The molecule has 0 radical (unpaired) electrons. The van der Waals surface area contributed by atoms with Crippen LogP contribution in [0.4, 0.5) is 10.5 Å². The minimum atomic E-state index is -1.03. The van der Waals surface area contributed by atoms with E-state index in [2.05, 4.69) is 10.0 Å². The Balaban J connectivity index is 2.04. The fraction of sp³-hybridized carbons (Fsp3) is 0.222. The van der Waals surface area contributed by atoms with Crippen LogP contribution in [0, 0.1) is 0 Å². The molecule has 0 saturated heterocycles. The Morgan fingerprint density at radius 3 is 2.46 bits per heavy atom. The van der Waals surface area contributed by atoms with Crippen LogP contribution in [0.2, 0.25) is 0 Å². The Morgan fingerprint density at radius 1 is 1.12 bits per heavy atom. The number of fused-ring (bicyclic) bond motifs is 1. The predicted molar refractivity (Wildman–Crippen MR) is 100 cm³/mol. The Hall–Kier alpha value is -3.51. The molecule has 26 heavy (non-hydrogen) atoms. The molecule has 0 aromatic heterocycles. The van der Waals surface area contributed by atoms with Gasteiger partial charge in [0.1, 0.15) is 0 Å². The standard InChI is InChI=1S/C18H19N5O3/c1-22(9-10-23(2)18(25)26)17(24)8-4-13-3-5-15-12-16(20-21-19)7-6-14(15)11-13/h3-8,11-12H,9-10H2,1-2H3,(H,25,26)/b8-4+. The molecule has 8 nitrogen and oxygen atoms in total. The van der Waals surface area contributed by atoms with E-state index >= 15 is 0 Å². The highest BCUT2D eigenvalue weighted by Crippen LogP contribution is 2.23. The van der Waals surface area contributed by atoms with Crippen LogP contribution >= 0.6 is 0 Å². The summed E-state index contributed by atoms with van der Waals surface area (Å²) in [6.45, 7) is 0.556. The number of hydrogen-bond acceptors (Lipinski definition) is 3. The third-order valence-corrected chi connectivity index (χ3v) is 3.90. The second-order valence-electron chi connectivity index (χ2n) is 5.78. The molecule has 0 spiro atoms. The van der Waals surface area contributed by atoms with Gasteiger partial charge < -0.3 is 14.9 Å². The molecule has 0 unspecified atom stereocenters. The van der Waals surface area contributed by atoms with Gasteiger partial charge in [0.2, 0.25) is 5.91 Å². The second-order valence-corrected chi connectivity index (χ2v) is 5.78. The van der Waals surface area contributed by atoms with Gasteiger partial charge in [-0.05, 0) is 40.1 Å². The predicted octanol–water partition coefficient (Wildman–Crippen LogP) is 3.86. The first-order valence-electron chi connectivity index (χ1n) is 7.87. The Bertz CT molecular complexity index is 903. The number of amides is 2. The zero-order chi connectivity index (χ0) is 19.1. The number of carboxylic acid groups (broad SMARTS) is 1. The zero-order valence-electron chi connectivity index (χ0n) is 14.5. The highest BCUT2D eigenvalue weighted by molar-refractivity contribution is 5.93. The summed E-state index contributed by atoms with van der Waals surface area (Å²) in [6, 6.07) is 11.1. The molecule has 0 fully saturated rings. The quantitative estimate of drug-likeness (QED) is 0.368. The lowest BCUT2D eigenvalue weighted by Gasteiger charge is -2.19. The normalized spacial score (nSPS) is 10.5. The van der Waals surface area contributed by atoms with E-state index in [0.717, 1.165) is 21.2 Å². The average molecular weight is 353 g/mol. The molecule has 2 aromatic rings. The fourth-order valence-electron chi connectivity index (χ4n) is 2.27. The van der Waals surface area contributed by atoms with Crippen molar-refractivity contribution in [3.05, 3.63) is 58.5 Å². The summed E-state index contributed by atoms with van der Waals surface area (Å²) in [4.78, 5) is 28.2. The first-order chi connectivity index (χ1) is 12.4. The Morgan fingerprint density at radius 2 is 1.77 bits per heavy atom. The van der Waals surface area contributed by atoms with Crippen molar-refractivity contribution in [2.75, 3.05) is 27.2 Å². The topological polar surface area (TPSA) is 110 Å². The van der Waals surface area contributed by atoms with E-state index < -0.39 is 6.09 Å². The molecule has 2 amide bonds. The van der Waals surface area contributed by atoms with Crippen molar-refractivity contribution in [2.45, 2.75) is 0 Å². The lowest BCUT2D eigenvalue weighted by molar-refractivity contribution is -0.124. The average Bonchev–Trinajstić information content (AvgIpc) is 2.63. The maximum absolute atomic E-state index is 12.1. The first kappa shape index (κ1) is 18.8. The monoisotopic (exact) mass is 353 g/mol. The van der Waals surface area contributed by atoms with Gasteiger partial charge in [-0.3, -0.25) is 4.79 Å². The van der Waals surface area contributed by atoms with Crippen LogP contribution in [0.5, 0.6) is 0 Å². The van der Waals surface area contributed by atoms with Crippen molar-refractivity contribution < 1.29 is 14.7 Å². The molecule has 0 heterocycles.